The van der Waals surface area contributed by atoms with Crippen LogP contribution in [-0.4, -0.2) is 36.0 Å². The molecule has 3 aromatic rings. The highest BCUT2D eigenvalue weighted by Crippen LogP contribution is 2.30. The predicted octanol–water partition coefficient (Wildman–Crippen LogP) is 3.86. The topological polar surface area (TPSA) is 72.7 Å². The molecule has 7 nitrogen and oxygen atoms in total. The summed E-state index contributed by atoms with van der Waals surface area (Å²) in [4.78, 5) is 4.65. The lowest BCUT2D eigenvalue weighted by molar-refractivity contribution is 0.311. The number of rotatable bonds is 8. The number of hydrogen-bond donors (Lipinski definition) is 2. The van der Waals surface area contributed by atoms with Crippen LogP contribution in [0.25, 0.3) is 5.69 Å². The molecule has 0 aliphatic rings. The Hall–Kier alpha value is -3.48. The maximum atomic E-state index is 5.65. The number of nitrogens with zero attached hydrogens (tertiary/aromatic N) is 3. The largest absolute Gasteiger partial charge is 0.493 e. The SMILES string of the molecule is CCNC(=NCc1ccn(-c2ccccc2)n1)Nc1ccc(OC)c(OCC)c1. The first-order valence-corrected chi connectivity index (χ1v) is 9.69. The van der Waals surface area contributed by atoms with E-state index < -0.39 is 0 Å². The van der Waals surface area contributed by atoms with Gasteiger partial charge in [-0.3, -0.25) is 0 Å². The van der Waals surface area contributed by atoms with E-state index in [0.717, 1.165) is 23.6 Å². The monoisotopic (exact) mass is 393 g/mol. The second kappa shape index (κ2) is 10.2. The Morgan fingerprint density at radius 2 is 1.90 bits per heavy atom. The van der Waals surface area contributed by atoms with Crippen molar-refractivity contribution in [1.29, 1.82) is 0 Å². The summed E-state index contributed by atoms with van der Waals surface area (Å²) < 4.78 is 12.8. The van der Waals surface area contributed by atoms with Crippen LogP contribution in [0.3, 0.4) is 0 Å². The lowest BCUT2D eigenvalue weighted by Crippen LogP contribution is -2.30. The molecule has 29 heavy (non-hydrogen) atoms. The molecule has 0 spiro atoms. The van der Waals surface area contributed by atoms with E-state index >= 15 is 0 Å². The van der Waals surface area contributed by atoms with Gasteiger partial charge in [0.2, 0.25) is 0 Å². The van der Waals surface area contributed by atoms with Crippen molar-refractivity contribution < 1.29 is 9.47 Å². The number of hydrogen-bond acceptors (Lipinski definition) is 4. The number of aromatic nitrogens is 2. The molecule has 2 N–H and O–H groups in total. The van der Waals surface area contributed by atoms with Crippen molar-refractivity contribution in [2.75, 3.05) is 25.6 Å². The first-order valence-electron chi connectivity index (χ1n) is 9.69. The van der Waals surface area contributed by atoms with Crippen molar-refractivity contribution in [3.05, 3.63) is 66.5 Å². The number of benzene rings is 2. The number of para-hydroxylation sites is 1. The Morgan fingerprint density at radius 3 is 2.62 bits per heavy atom. The molecule has 1 aromatic heterocycles. The Morgan fingerprint density at radius 1 is 1.07 bits per heavy atom. The van der Waals surface area contributed by atoms with Crippen LogP contribution in [0.2, 0.25) is 0 Å². The molecule has 0 aliphatic heterocycles. The van der Waals surface area contributed by atoms with Gasteiger partial charge in [0.1, 0.15) is 0 Å². The number of anilines is 1. The fourth-order valence-corrected chi connectivity index (χ4v) is 2.80. The Labute approximate surface area is 171 Å². The van der Waals surface area contributed by atoms with E-state index in [9.17, 15) is 0 Å². The fourth-order valence-electron chi connectivity index (χ4n) is 2.80. The summed E-state index contributed by atoms with van der Waals surface area (Å²) in [6.45, 7) is 5.75. The minimum Gasteiger partial charge on any atom is -0.493 e. The third-order valence-corrected chi connectivity index (χ3v) is 4.13. The van der Waals surface area contributed by atoms with Crippen molar-refractivity contribution in [2.45, 2.75) is 20.4 Å². The van der Waals surface area contributed by atoms with Crippen LogP contribution in [-0.2, 0) is 6.54 Å². The Kier molecular flexibility index (Phi) is 7.10. The zero-order chi connectivity index (χ0) is 20.5. The summed E-state index contributed by atoms with van der Waals surface area (Å²) in [6, 6.07) is 17.7. The summed E-state index contributed by atoms with van der Waals surface area (Å²) in [7, 11) is 1.63. The summed E-state index contributed by atoms with van der Waals surface area (Å²) in [5, 5.41) is 11.2. The second-order valence-electron chi connectivity index (χ2n) is 6.21. The van der Waals surface area contributed by atoms with Crippen LogP contribution in [0.1, 0.15) is 19.5 Å². The van der Waals surface area contributed by atoms with Gasteiger partial charge < -0.3 is 20.1 Å². The average molecular weight is 393 g/mol. The van der Waals surface area contributed by atoms with E-state index in [-0.39, 0.29) is 0 Å². The molecule has 0 unspecified atom stereocenters. The first-order chi connectivity index (χ1) is 14.2. The summed E-state index contributed by atoms with van der Waals surface area (Å²) in [6.07, 6.45) is 1.94. The van der Waals surface area contributed by atoms with Crippen LogP contribution < -0.4 is 20.1 Å². The lowest BCUT2D eigenvalue weighted by Gasteiger charge is -2.14. The molecule has 0 saturated heterocycles. The molecule has 0 atom stereocenters. The molecule has 3 rings (SSSR count). The molecule has 0 fully saturated rings. The first kappa shape index (κ1) is 20.3. The number of nitrogens with one attached hydrogen (secondary N) is 2. The molecule has 2 aromatic carbocycles. The fraction of sp³-hybridized carbons (Fsp3) is 0.273. The van der Waals surface area contributed by atoms with Crippen LogP contribution >= 0.6 is 0 Å². The smallest absolute Gasteiger partial charge is 0.196 e. The van der Waals surface area contributed by atoms with Crippen molar-refractivity contribution in [3.63, 3.8) is 0 Å². The van der Waals surface area contributed by atoms with Gasteiger partial charge in [-0.05, 0) is 44.2 Å². The summed E-state index contributed by atoms with van der Waals surface area (Å²) in [5.41, 5.74) is 2.77. The van der Waals surface area contributed by atoms with Crippen LogP contribution in [0.5, 0.6) is 11.5 Å². The second-order valence-corrected chi connectivity index (χ2v) is 6.21. The highest BCUT2D eigenvalue weighted by atomic mass is 16.5. The third-order valence-electron chi connectivity index (χ3n) is 4.13. The molecular formula is C22H27N5O2. The van der Waals surface area contributed by atoms with Gasteiger partial charge in [0.15, 0.2) is 17.5 Å². The molecule has 7 heteroatoms. The van der Waals surface area contributed by atoms with Crippen molar-refractivity contribution in [1.82, 2.24) is 15.1 Å². The van der Waals surface area contributed by atoms with E-state index in [2.05, 4.69) is 20.7 Å². The Balaban J connectivity index is 1.72. The van der Waals surface area contributed by atoms with E-state index in [1.54, 1.807) is 7.11 Å². The molecule has 0 amide bonds. The van der Waals surface area contributed by atoms with E-state index in [4.69, 9.17) is 9.47 Å². The maximum absolute atomic E-state index is 5.65. The zero-order valence-corrected chi connectivity index (χ0v) is 17.1. The predicted molar refractivity (Wildman–Crippen MR) is 116 cm³/mol. The normalized spacial score (nSPS) is 11.2. The Bertz CT molecular complexity index is 937. The quantitative estimate of drug-likeness (QED) is 0.449. The van der Waals surface area contributed by atoms with Gasteiger partial charge in [-0.1, -0.05) is 18.2 Å². The van der Waals surface area contributed by atoms with Crippen LogP contribution in [0, 0.1) is 0 Å². The number of guanidine groups is 1. The van der Waals surface area contributed by atoms with Crippen LogP contribution in [0.4, 0.5) is 5.69 Å². The maximum Gasteiger partial charge on any atom is 0.196 e. The standard InChI is InChI=1S/C22H27N5O2/c1-4-23-22(25-17-11-12-20(28-3)21(15-17)29-5-2)24-16-18-13-14-27(26-18)19-9-7-6-8-10-19/h6-15H,4-5,16H2,1-3H3,(H2,23,24,25). The number of ether oxygens (including phenoxy) is 2. The molecule has 0 radical (unpaired) electrons. The minimum absolute atomic E-state index is 0.462. The van der Waals surface area contributed by atoms with Gasteiger partial charge in [0.05, 0.1) is 31.6 Å². The van der Waals surface area contributed by atoms with Gasteiger partial charge >= 0.3 is 0 Å². The zero-order valence-electron chi connectivity index (χ0n) is 17.1. The number of methoxy groups -OCH3 is 1. The van der Waals surface area contributed by atoms with Gasteiger partial charge in [-0.2, -0.15) is 5.10 Å². The molecular weight excluding hydrogens is 366 g/mol. The van der Waals surface area contributed by atoms with Crippen molar-refractivity contribution in [2.24, 2.45) is 4.99 Å². The highest BCUT2D eigenvalue weighted by Gasteiger charge is 2.07. The molecule has 152 valence electrons. The van der Waals surface area contributed by atoms with E-state index in [1.165, 1.54) is 0 Å². The minimum atomic E-state index is 0.462. The molecule has 0 bridgehead atoms. The van der Waals surface area contributed by atoms with Crippen LogP contribution in [0.15, 0.2) is 65.8 Å². The van der Waals surface area contributed by atoms with Crippen molar-refractivity contribution >= 4 is 11.6 Å². The molecule has 1 heterocycles. The summed E-state index contributed by atoms with van der Waals surface area (Å²) >= 11 is 0. The lowest BCUT2D eigenvalue weighted by atomic mass is 10.2. The van der Waals surface area contributed by atoms with Gasteiger partial charge in [0, 0.05) is 24.5 Å². The number of aliphatic imine (C=N–C) groups is 1. The molecule has 0 saturated carbocycles. The van der Waals surface area contributed by atoms with E-state index in [0.29, 0.717) is 30.6 Å². The van der Waals surface area contributed by atoms with Crippen molar-refractivity contribution in [3.8, 4) is 17.2 Å². The van der Waals surface area contributed by atoms with Gasteiger partial charge in [0.25, 0.3) is 0 Å². The molecule has 0 aliphatic carbocycles. The van der Waals surface area contributed by atoms with Gasteiger partial charge in [-0.15, -0.1) is 0 Å². The van der Waals surface area contributed by atoms with Gasteiger partial charge in [-0.25, -0.2) is 9.67 Å². The van der Waals surface area contributed by atoms with E-state index in [1.807, 2.05) is 79.3 Å². The summed E-state index contributed by atoms with van der Waals surface area (Å²) in [5.74, 6) is 2.07. The average Bonchev–Trinajstić information content (AvgIpc) is 3.22. The third kappa shape index (κ3) is 5.51. The highest BCUT2D eigenvalue weighted by molar-refractivity contribution is 5.93.